The first-order valence-electron chi connectivity index (χ1n) is 14.2. The van der Waals surface area contributed by atoms with Gasteiger partial charge in [0.2, 0.25) is 0 Å². The molecule has 1 aliphatic rings. The van der Waals surface area contributed by atoms with Crippen LogP contribution in [0, 0.1) is 11.8 Å². The third-order valence-electron chi connectivity index (χ3n) is 5.83. The maximum Gasteiger partial charge on any atom is -0.0110 e. The third-order valence-corrected chi connectivity index (χ3v) is 5.83. The van der Waals surface area contributed by atoms with Gasteiger partial charge in [0.25, 0.3) is 0 Å². The van der Waals surface area contributed by atoms with E-state index in [9.17, 15) is 0 Å². The molecular weight excluding hydrogens is 420 g/mol. The van der Waals surface area contributed by atoms with Gasteiger partial charge >= 0.3 is 0 Å². The Labute approximate surface area is 222 Å². The second-order valence-corrected chi connectivity index (χ2v) is 9.84. The molecule has 0 nitrogen and oxygen atoms in total. The van der Waals surface area contributed by atoms with Gasteiger partial charge in [0.15, 0.2) is 0 Å². The van der Waals surface area contributed by atoms with E-state index in [2.05, 4.69) is 86.8 Å². The number of rotatable bonds is 8. The SMILES string of the molecule is C=CC(=C(C)C)c1ccccc1C(=C)C.CC.CC=C(C)C.CCC1CC1.CCCC(C)CCC. The Balaban J connectivity index is -0.000000429. The van der Waals surface area contributed by atoms with Crippen molar-refractivity contribution in [3.05, 3.63) is 71.8 Å². The number of hydrogen-bond acceptors (Lipinski definition) is 0. The van der Waals surface area contributed by atoms with E-state index in [4.69, 9.17) is 0 Å². The van der Waals surface area contributed by atoms with Crippen molar-refractivity contribution >= 4 is 11.1 Å². The molecule has 1 aromatic rings. The first kappa shape index (κ1) is 37.7. The lowest BCUT2D eigenvalue weighted by Crippen LogP contribution is -1.91. The lowest BCUT2D eigenvalue weighted by molar-refractivity contribution is 0.480. The topological polar surface area (TPSA) is 0 Å². The summed E-state index contributed by atoms with van der Waals surface area (Å²) < 4.78 is 0. The Morgan fingerprint density at radius 1 is 0.914 bits per heavy atom. The Morgan fingerprint density at radius 3 is 1.57 bits per heavy atom. The molecule has 2 rings (SSSR count). The standard InChI is InChI=1S/C15H18.C8H18.2C5H10.C2H6/c1-6-13(11(2)3)15-10-8-7-9-14(15)12(4)5;1-4-6-8(3)7-5-2;1-2-5-3-4-5;1-4-5(2)3;1-2/h6-10H,1,4H2,2-3,5H3;8H,4-7H2,1-3H3;5H,2-4H2,1H3;4H,1-3H3;1-2H3. The van der Waals surface area contributed by atoms with Crippen LogP contribution in [0.1, 0.15) is 139 Å². The molecule has 35 heavy (non-hydrogen) atoms. The van der Waals surface area contributed by atoms with Gasteiger partial charge < -0.3 is 0 Å². The van der Waals surface area contributed by atoms with Gasteiger partial charge in [-0.15, -0.1) is 0 Å². The molecule has 0 aromatic heterocycles. The molecule has 0 heterocycles. The summed E-state index contributed by atoms with van der Waals surface area (Å²) in [5.41, 5.74) is 7.37. The fraction of sp³-hybridized carbons (Fsp3) is 0.600. The van der Waals surface area contributed by atoms with Gasteiger partial charge in [-0.25, -0.2) is 0 Å². The summed E-state index contributed by atoms with van der Waals surface area (Å²) in [5, 5.41) is 0. The summed E-state index contributed by atoms with van der Waals surface area (Å²) in [7, 11) is 0. The molecule has 0 radical (unpaired) electrons. The van der Waals surface area contributed by atoms with Crippen LogP contribution in [0.3, 0.4) is 0 Å². The number of benzene rings is 1. The highest BCUT2D eigenvalue weighted by molar-refractivity contribution is 5.83. The van der Waals surface area contributed by atoms with Gasteiger partial charge in [0.1, 0.15) is 0 Å². The highest BCUT2D eigenvalue weighted by atomic mass is 14.2. The van der Waals surface area contributed by atoms with E-state index in [1.54, 1.807) is 0 Å². The molecule has 202 valence electrons. The molecule has 0 bridgehead atoms. The average Bonchev–Trinajstić information content (AvgIpc) is 3.67. The lowest BCUT2D eigenvalue weighted by atomic mass is 9.93. The quantitative estimate of drug-likeness (QED) is 0.255. The average molecular weight is 483 g/mol. The summed E-state index contributed by atoms with van der Waals surface area (Å²) in [6.45, 7) is 33.4. The van der Waals surface area contributed by atoms with Crippen LogP contribution in [0.25, 0.3) is 11.1 Å². The van der Waals surface area contributed by atoms with Crippen molar-refractivity contribution in [3.63, 3.8) is 0 Å². The molecule has 0 aliphatic heterocycles. The maximum absolute atomic E-state index is 4.01. The van der Waals surface area contributed by atoms with Gasteiger partial charge in [0, 0.05) is 0 Å². The predicted octanol–water partition coefficient (Wildman–Crippen LogP) is 12.7. The van der Waals surface area contributed by atoms with Gasteiger partial charge in [-0.2, -0.15) is 0 Å². The van der Waals surface area contributed by atoms with E-state index in [0.29, 0.717) is 0 Å². The van der Waals surface area contributed by atoms with Crippen LogP contribution in [0.4, 0.5) is 0 Å². The molecule has 0 heteroatoms. The van der Waals surface area contributed by atoms with Gasteiger partial charge in [-0.05, 0) is 70.1 Å². The molecule has 1 fully saturated rings. The predicted molar refractivity (Wildman–Crippen MR) is 168 cm³/mol. The number of allylic oxidation sites excluding steroid dienone is 6. The van der Waals surface area contributed by atoms with Crippen LogP contribution in [-0.2, 0) is 0 Å². The molecule has 0 unspecified atom stereocenters. The Hall–Kier alpha value is -1.82. The van der Waals surface area contributed by atoms with Crippen LogP contribution in [0.15, 0.2) is 60.7 Å². The van der Waals surface area contributed by atoms with Crippen LogP contribution in [0.2, 0.25) is 0 Å². The second-order valence-electron chi connectivity index (χ2n) is 9.84. The highest BCUT2D eigenvalue weighted by Gasteiger charge is 2.17. The smallest absolute Gasteiger partial charge is 0.0110 e. The fourth-order valence-electron chi connectivity index (χ4n) is 3.33. The molecule has 0 spiro atoms. The van der Waals surface area contributed by atoms with Crippen molar-refractivity contribution in [2.24, 2.45) is 11.8 Å². The molecule has 0 atom stereocenters. The van der Waals surface area contributed by atoms with Crippen molar-refractivity contribution in [2.45, 2.75) is 128 Å². The summed E-state index contributed by atoms with van der Waals surface area (Å²) in [5.74, 6) is 2.10. The Kier molecular flexibility index (Phi) is 27.2. The Bertz CT molecular complexity index is 695. The van der Waals surface area contributed by atoms with Crippen molar-refractivity contribution < 1.29 is 0 Å². The minimum Gasteiger partial charge on any atom is -0.0984 e. The number of hydrogen-bond donors (Lipinski definition) is 0. The second kappa shape index (κ2) is 25.3. The van der Waals surface area contributed by atoms with Gasteiger partial charge in [-0.3, -0.25) is 0 Å². The van der Waals surface area contributed by atoms with Crippen LogP contribution in [0.5, 0.6) is 0 Å². The van der Waals surface area contributed by atoms with Crippen molar-refractivity contribution in [3.8, 4) is 0 Å². The minimum atomic E-state index is 0.963. The van der Waals surface area contributed by atoms with E-state index < -0.39 is 0 Å². The summed E-state index contributed by atoms with van der Waals surface area (Å²) >= 11 is 0. The highest BCUT2D eigenvalue weighted by Crippen LogP contribution is 2.31. The van der Waals surface area contributed by atoms with E-state index in [1.165, 1.54) is 72.8 Å². The van der Waals surface area contributed by atoms with Crippen LogP contribution >= 0.6 is 0 Å². The first-order chi connectivity index (χ1) is 16.6. The molecule has 0 saturated heterocycles. The van der Waals surface area contributed by atoms with E-state index >= 15 is 0 Å². The van der Waals surface area contributed by atoms with E-state index in [1.807, 2.05) is 45.9 Å². The van der Waals surface area contributed by atoms with Crippen molar-refractivity contribution in [1.29, 1.82) is 0 Å². The van der Waals surface area contributed by atoms with Crippen molar-refractivity contribution in [1.82, 2.24) is 0 Å². The molecule has 0 amide bonds. The zero-order chi connectivity index (χ0) is 27.8. The van der Waals surface area contributed by atoms with Gasteiger partial charge in [-0.1, -0.05) is 153 Å². The van der Waals surface area contributed by atoms with Crippen LogP contribution in [-0.4, -0.2) is 0 Å². The normalized spacial score (nSPS) is 11.0. The zero-order valence-electron chi connectivity index (χ0n) is 26.0. The van der Waals surface area contributed by atoms with Crippen molar-refractivity contribution in [2.75, 3.05) is 0 Å². The summed E-state index contributed by atoms with van der Waals surface area (Å²) in [6, 6.07) is 8.31. The largest absolute Gasteiger partial charge is 0.0984 e. The first-order valence-corrected chi connectivity index (χ1v) is 14.2. The van der Waals surface area contributed by atoms with Crippen LogP contribution < -0.4 is 0 Å². The zero-order valence-corrected chi connectivity index (χ0v) is 26.0. The van der Waals surface area contributed by atoms with E-state index in [0.717, 1.165) is 17.4 Å². The third kappa shape index (κ3) is 22.4. The summed E-state index contributed by atoms with van der Waals surface area (Å²) in [6.07, 6.45) is 14.0. The Morgan fingerprint density at radius 2 is 1.34 bits per heavy atom. The summed E-state index contributed by atoms with van der Waals surface area (Å²) in [4.78, 5) is 0. The minimum absolute atomic E-state index is 0.963. The van der Waals surface area contributed by atoms with Gasteiger partial charge in [0.05, 0.1) is 0 Å². The van der Waals surface area contributed by atoms with E-state index in [-0.39, 0.29) is 0 Å². The molecule has 1 aliphatic carbocycles. The molecular formula is C35H62. The molecule has 1 aromatic carbocycles. The lowest BCUT2D eigenvalue weighted by Gasteiger charge is -2.11. The monoisotopic (exact) mass is 482 g/mol. The fourth-order valence-corrected chi connectivity index (χ4v) is 3.33. The molecule has 0 N–H and O–H groups in total. The molecule has 1 saturated carbocycles. The maximum atomic E-state index is 4.01.